The molecule has 1 N–H and O–H groups in total. The molecule has 2 atom stereocenters. The molecule has 120 valence electrons. The van der Waals surface area contributed by atoms with Crippen LogP contribution >= 0.6 is 0 Å². The number of nitrogens with one attached hydrogen (secondary N) is 1. The number of rotatable bonds is 6. The summed E-state index contributed by atoms with van der Waals surface area (Å²) in [5.41, 5.74) is -0.00885. The Morgan fingerprint density at radius 2 is 2.18 bits per heavy atom. The Kier molecular flexibility index (Phi) is 5.71. The van der Waals surface area contributed by atoms with E-state index in [-0.39, 0.29) is 24.3 Å². The van der Waals surface area contributed by atoms with Crippen molar-refractivity contribution in [2.45, 2.75) is 25.9 Å². The van der Waals surface area contributed by atoms with Gasteiger partial charge < -0.3 is 14.8 Å². The van der Waals surface area contributed by atoms with Crippen LogP contribution in [-0.4, -0.2) is 36.7 Å². The minimum Gasteiger partial charge on any atom is -0.484 e. The van der Waals surface area contributed by atoms with Crippen molar-refractivity contribution in [3.8, 4) is 5.75 Å². The van der Waals surface area contributed by atoms with Crippen molar-refractivity contribution < 1.29 is 19.2 Å². The van der Waals surface area contributed by atoms with Crippen LogP contribution in [-0.2, 0) is 9.53 Å². The third-order valence-corrected chi connectivity index (χ3v) is 3.60. The summed E-state index contributed by atoms with van der Waals surface area (Å²) in [5.74, 6) is 0.671. The first kappa shape index (κ1) is 16.2. The van der Waals surface area contributed by atoms with E-state index in [2.05, 4.69) is 5.32 Å². The van der Waals surface area contributed by atoms with Gasteiger partial charge in [-0.25, -0.2) is 0 Å². The van der Waals surface area contributed by atoms with E-state index in [1.807, 2.05) is 6.92 Å². The number of amides is 1. The minimum atomic E-state index is -0.481. The first-order valence-corrected chi connectivity index (χ1v) is 7.30. The lowest BCUT2D eigenvalue weighted by atomic mass is 9.96. The first-order chi connectivity index (χ1) is 10.5. The summed E-state index contributed by atoms with van der Waals surface area (Å²) >= 11 is 0. The first-order valence-electron chi connectivity index (χ1n) is 7.30. The summed E-state index contributed by atoms with van der Waals surface area (Å²) in [5, 5.41) is 13.4. The molecule has 0 radical (unpaired) electrons. The molecule has 7 heteroatoms. The lowest BCUT2D eigenvalue weighted by molar-refractivity contribution is -0.384. The van der Waals surface area contributed by atoms with Crippen molar-refractivity contribution in [2.24, 2.45) is 5.92 Å². The fraction of sp³-hybridized carbons (Fsp3) is 0.533. The average molecular weight is 308 g/mol. The lowest BCUT2D eigenvalue weighted by Gasteiger charge is -2.27. The maximum atomic E-state index is 11.7. The second kappa shape index (κ2) is 7.74. The van der Waals surface area contributed by atoms with Gasteiger partial charge in [-0.2, -0.15) is 0 Å². The van der Waals surface area contributed by atoms with Gasteiger partial charge in [-0.15, -0.1) is 0 Å². The van der Waals surface area contributed by atoms with Crippen LogP contribution in [0.5, 0.6) is 5.75 Å². The van der Waals surface area contributed by atoms with Crippen molar-refractivity contribution in [1.82, 2.24) is 5.32 Å². The molecule has 1 aromatic rings. The molecule has 0 aliphatic carbocycles. The minimum absolute atomic E-state index is 0.00885. The van der Waals surface area contributed by atoms with Gasteiger partial charge in [0.15, 0.2) is 6.61 Å². The molecule has 0 saturated carbocycles. The maximum Gasteiger partial charge on any atom is 0.269 e. The molecule has 7 nitrogen and oxygen atoms in total. The molecule has 1 fully saturated rings. The van der Waals surface area contributed by atoms with Crippen LogP contribution in [0.2, 0.25) is 0 Å². The number of nitrogens with zero attached hydrogens (tertiary/aromatic N) is 1. The molecule has 0 spiro atoms. The Labute approximate surface area is 128 Å². The quantitative estimate of drug-likeness (QED) is 0.640. The average Bonchev–Trinajstić information content (AvgIpc) is 2.51. The predicted molar refractivity (Wildman–Crippen MR) is 79.7 cm³/mol. The number of ether oxygens (including phenoxy) is 2. The molecular formula is C15H20N2O5. The molecular weight excluding hydrogens is 288 g/mol. The van der Waals surface area contributed by atoms with Gasteiger partial charge >= 0.3 is 0 Å². The van der Waals surface area contributed by atoms with Crippen LogP contribution in [0.1, 0.15) is 19.8 Å². The smallest absolute Gasteiger partial charge is 0.269 e. The van der Waals surface area contributed by atoms with E-state index in [9.17, 15) is 14.9 Å². The molecule has 2 rings (SSSR count). The van der Waals surface area contributed by atoms with Crippen LogP contribution in [0.3, 0.4) is 0 Å². The van der Waals surface area contributed by atoms with Crippen LogP contribution < -0.4 is 10.1 Å². The summed E-state index contributed by atoms with van der Waals surface area (Å²) in [4.78, 5) is 21.8. The summed E-state index contributed by atoms with van der Waals surface area (Å²) in [7, 11) is 0. The Balaban J connectivity index is 1.70. The van der Waals surface area contributed by atoms with Crippen molar-refractivity contribution in [2.75, 3.05) is 19.8 Å². The van der Waals surface area contributed by atoms with Gasteiger partial charge in [0.1, 0.15) is 5.75 Å². The normalized spacial score (nSPS) is 21.1. The SMILES string of the molecule is C[C@@H]1C[C@@H](CNC(=O)COc2ccc([N+](=O)[O-])cc2)CCO1. The molecule has 1 aromatic carbocycles. The number of hydrogen-bond donors (Lipinski definition) is 1. The molecule has 1 aliphatic heterocycles. The van der Waals surface area contributed by atoms with Crippen LogP contribution in [0.15, 0.2) is 24.3 Å². The predicted octanol–water partition coefficient (Wildman–Crippen LogP) is 1.90. The van der Waals surface area contributed by atoms with Crippen LogP contribution in [0.25, 0.3) is 0 Å². The molecule has 0 unspecified atom stereocenters. The van der Waals surface area contributed by atoms with E-state index in [4.69, 9.17) is 9.47 Å². The van der Waals surface area contributed by atoms with E-state index >= 15 is 0 Å². The number of nitro benzene ring substituents is 1. The Morgan fingerprint density at radius 3 is 2.82 bits per heavy atom. The van der Waals surface area contributed by atoms with Crippen molar-refractivity contribution in [3.05, 3.63) is 34.4 Å². The molecule has 1 saturated heterocycles. The van der Waals surface area contributed by atoms with Gasteiger partial charge in [0, 0.05) is 25.3 Å². The van der Waals surface area contributed by atoms with Gasteiger partial charge in [-0.05, 0) is 37.8 Å². The number of benzene rings is 1. The summed E-state index contributed by atoms with van der Waals surface area (Å²) in [6.07, 6.45) is 2.14. The highest BCUT2D eigenvalue weighted by molar-refractivity contribution is 5.77. The van der Waals surface area contributed by atoms with Gasteiger partial charge in [-0.3, -0.25) is 14.9 Å². The standard InChI is InChI=1S/C15H20N2O5/c1-11-8-12(6-7-21-11)9-16-15(18)10-22-14-4-2-13(3-5-14)17(19)20/h2-5,11-12H,6-10H2,1H3,(H,16,18)/t11-,12+/m1/s1. The van der Waals surface area contributed by atoms with Crippen LogP contribution in [0.4, 0.5) is 5.69 Å². The molecule has 1 amide bonds. The fourth-order valence-electron chi connectivity index (χ4n) is 2.40. The van der Waals surface area contributed by atoms with Gasteiger partial charge in [-0.1, -0.05) is 0 Å². The molecule has 1 heterocycles. The Morgan fingerprint density at radius 1 is 1.45 bits per heavy atom. The topological polar surface area (TPSA) is 90.7 Å². The maximum absolute atomic E-state index is 11.7. The highest BCUT2D eigenvalue weighted by Crippen LogP contribution is 2.19. The molecule has 22 heavy (non-hydrogen) atoms. The van der Waals surface area contributed by atoms with Crippen molar-refractivity contribution in [1.29, 1.82) is 0 Å². The third kappa shape index (κ3) is 5.00. The van der Waals surface area contributed by atoms with Crippen molar-refractivity contribution >= 4 is 11.6 Å². The van der Waals surface area contributed by atoms with Crippen LogP contribution in [0, 0.1) is 16.0 Å². The van der Waals surface area contributed by atoms with Gasteiger partial charge in [0.2, 0.25) is 0 Å². The number of non-ortho nitro benzene ring substituents is 1. The second-order valence-corrected chi connectivity index (χ2v) is 5.42. The highest BCUT2D eigenvalue weighted by Gasteiger charge is 2.19. The zero-order chi connectivity index (χ0) is 15.9. The number of carbonyl (C=O) groups excluding carboxylic acids is 1. The third-order valence-electron chi connectivity index (χ3n) is 3.60. The van der Waals surface area contributed by atoms with Crippen molar-refractivity contribution in [3.63, 3.8) is 0 Å². The zero-order valence-corrected chi connectivity index (χ0v) is 12.5. The molecule has 0 aromatic heterocycles. The molecule has 0 bridgehead atoms. The highest BCUT2D eigenvalue weighted by atomic mass is 16.6. The monoisotopic (exact) mass is 308 g/mol. The zero-order valence-electron chi connectivity index (χ0n) is 12.5. The van der Waals surface area contributed by atoms with Gasteiger partial charge in [0.25, 0.3) is 11.6 Å². The van der Waals surface area contributed by atoms with Gasteiger partial charge in [0.05, 0.1) is 11.0 Å². The van der Waals surface area contributed by atoms with E-state index in [0.717, 1.165) is 19.4 Å². The second-order valence-electron chi connectivity index (χ2n) is 5.42. The lowest BCUT2D eigenvalue weighted by Crippen LogP contribution is -2.36. The summed E-state index contributed by atoms with van der Waals surface area (Å²) < 4.78 is 10.8. The van der Waals surface area contributed by atoms with E-state index in [0.29, 0.717) is 18.2 Å². The summed E-state index contributed by atoms with van der Waals surface area (Å²) in [6, 6.07) is 5.64. The number of carbonyl (C=O) groups is 1. The number of hydrogen-bond acceptors (Lipinski definition) is 5. The summed E-state index contributed by atoms with van der Waals surface area (Å²) in [6.45, 7) is 3.29. The van der Waals surface area contributed by atoms with E-state index < -0.39 is 4.92 Å². The van der Waals surface area contributed by atoms with E-state index in [1.54, 1.807) is 0 Å². The largest absolute Gasteiger partial charge is 0.484 e. The Bertz CT molecular complexity index is 517. The molecule has 1 aliphatic rings. The number of nitro groups is 1. The fourth-order valence-corrected chi connectivity index (χ4v) is 2.40. The Hall–Kier alpha value is -2.15. The van der Waals surface area contributed by atoms with E-state index in [1.165, 1.54) is 24.3 Å².